The molecule has 1 amide bonds. The quantitative estimate of drug-likeness (QED) is 0.575. The van der Waals surface area contributed by atoms with E-state index in [2.05, 4.69) is 15.6 Å². The van der Waals surface area contributed by atoms with Crippen LogP contribution >= 0.6 is 0 Å². The molecule has 132 valence electrons. The van der Waals surface area contributed by atoms with Crippen molar-refractivity contribution >= 4 is 11.9 Å². The molecule has 24 heavy (non-hydrogen) atoms. The van der Waals surface area contributed by atoms with E-state index in [-0.39, 0.29) is 5.91 Å². The van der Waals surface area contributed by atoms with E-state index in [0.717, 1.165) is 37.0 Å². The second-order valence-electron chi connectivity index (χ2n) is 5.66. The van der Waals surface area contributed by atoms with Crippen LogP contribution in [0.5, 0.6) is 11.5 Å². The molecule has 0 radical (unpaired) electrons. The molecule has 0 aromatic heterocycles. The fourth-order valence-corrected chi connectivity index (χ4v) is 2.25. The van der Waals surface area contributed by atoms with E-state index in [0.29, 0.717) is 19.8 Å². The maximum absolute atomic E-state index is 11.6. The van der Waals surface area contributed by atoms with Crippen molar-refractivity contribution in [1.29, 1.82) is 0 Å². The first kappa shape index (κ1) is 17.9. The van der Waals surface area contributed by atoms with Gasteiger partial charge in [0.05, 0.1) is 6.54 Å². The van der Waals surface area contributed by atoms with Crippen molar-refractivity contribution in [3.63, 3.8) is 0 Å². The number of ether oxygens (including phenoxy) is 2. The minimum Gasteiger partial charge on any atom is -0.454 e. The van der Waals surface area contributed by atoms with Crippen LogP contribution in [-0.4, -0.2) is 57.3 Å². The molecule has 0 bridgehead atoms. The summed E-state index contributed by atoms with van der Waals surface area (Å²) < 4.78 is 10.7. The van der Waals surface area contributed by atoms with Crippen LogP contribution in [0.1, 0.15) is 18.9 Å². The lowest BCUT2D eigenvalue weighted by Gasteiger charge is -2.12. The molecule has 0 spiro atoms. The Morgan fingerprint density at radius 2 is 2.04 bits per heavy atom. The standard InChI is InChI=1S/C17H26N4O3/c1-4-18-17(20-10-8-16(22)21(2)3)19-9-7-13-5-6-14-15(11-13)24-12-23-14/h5-6,11H,4,7-10,12H2,1-3H3,(H2,18,19,20). The van der Waals surface area contributed by atoms with Gasteiger partial charge in [-0.05, 0) is 31.0 Å². The van der Waals surface area contributed by atoms with Gasteiger partial charge in [0.1, 0.15) is 0 Å². The van der Waals surface area contributed by atoms with Crippen LogP contribution < -0.4 is 20.1 Å². The molecule has 7 heteroatoms. The summed E-state index contributed by atoms with van der Waals surface area (Å²) in [6.07, 6.45) is 1.25. The SMILES string of the molecule is CCNC(=NCCC(=O)N(C)C)NCCc1ccc2c(c1)OCO2. The summed E-state index contributed by atoms with van der Waals surface area (Å²) in [5, 5.41) is 6.46. The Bertz CT molecular complexity index is 587. The zero-order chi connectivity index (χ0) is 17.4. The fraction of sp³-hybridized carbons (Fsp3) is 0.529. The minimum atomic E-state index is 0.0787. The third-order valence-electron chi connectivity index (χ3n) is 3.58. The lowest BCUT2D eigenvalue weighted by atomic mass is 10.1. The van der Waals surface area contributed by atoms with E-state index in [1.54, 1.807) is 19.0 Å². The number of guanidine groups is 1. The summed E-state index contributed by atoms with van der Waals surface area (Å²) in [6, 6.07) is 5.97. The molecule has 1 aromatic carbocycles. The van der Waals surface area contributed by atoms with Crippen LogP contribution in [0.25, 0.3) is 0 Å². The van der Waals surface area contributed by atoms with Crippen molar-refractivity contribution in [2.45, 2.75) is 19.8 Å². The Balaban J connectivity index is 1.79. The Labute approximate surface area is 143 Å². The largest absolute Gasteiger partial charge is 0.454 e. The number of hydrogen-bond acceptors (Lipinski definition) is 4. The van der Waals surface area contributed by atoms with Crippen molar-refractivity contribution in [2.75, 3.05) is 40.5 Å². The molecule has 1 aliphatic rings. The van der Waals surface area contributed by atoms with Gasteiger partial charge in [0.15, 0.2) is 17.5 Å². The molecular weight excluding hydrogens is 308 g/mol. The number of hydrogen-bond donors (Lipinski definition) is 2. The molecule has 0 saturated heterocycles. The first-order valence-electron chi connectivity index (χ1n) is 8.21. The van der Waals surface area contributed by atoms with Gasteiger partial charge in [-0.3, -0.25) is 9.79 Å². The molecule has 0 atom stereocenters. The van der Waals surface area contributed by atoms with Gasteiger partial charge in [-0.1, -0.05) is 6.07 Å². The van der Waals surface area contributed by atoms with Crippen molar-refractivity contribution in [1.82, 2.24) is 15.5 Å². The molecule has 0 saturated carbocycles. The number of carbonyl (C=O) groups excluding carboxylic acids is 1. The van der Waals surface area contributed by atoms with Gasteiger partial charge in [-0.2, -0.15) is 0 Å². The third-order valence-corrected chi connectivity index (χ3v) is 3.58. The summed E-state index contributed by atoms with van der Waals surface area (Å²) in [7, 11) is 3.50. The molecule has 2 rings (SSSR count). The first-order chi connectivity index (χ1) is 11.6. The van der Waals surface area contributed by atoms with Gasteiger partial charge in [-0.15, -0.1) is 0 Å². The number of nitrogens with zero attached hydrogens (tertiary/aromatic N) is 2. The molecule has 0 unspecified atom stereocenters. The van der Waals surface area contributed by atoms with Gasteiger partial charge in [0.2, 0.25) is 12.7 Å². The second kappa shape index (κ2) is 9.00. The maximum atomic E-state index is 11.6. The molecule has 2 N–H and O–H groups in total. The monoisotopic (exact) mass is 334 g/mol. The second-order valence-corrected chi connectivity index (χ2v) is 5.66. The van der Waals surface area contributed by atoms with E-state index in [9.17, 15) is 4.79 Å². The maximum Gasteiger partial charge on any atom is 0.231 e. The number of nitrogens with one attached hydrogen (secondary N) is 2. The van der Waals surface area contributed by atoms with Crippen LogP contribution in [0.4, 0.5) is 0 Å². The number of carbonyl (C=O) groups is 1. The Kier molecular flexibility index (Phi) is 6.72. The Hall–Kier alpha value is -2.44. The van der Waals surface area contributed by atoms with Crippen LogP contribution in [-0.2, 0) is 11.2 Å². The normalized spacial score (nSPS) is 12.9. The van der Waals surface area contributed by atoms with E-state index in [1.807, 2.05) is 25.1 Å². The van der Waals surface area contributed by atoms with Crippen LogP contribution in [0.2, 0.25) is 0 Å². The predicted molar refractivity (Wildman–Crippen MR) is 93.6 cm³/mol. The highest BCUT2D eigenvalue weighted by molar-refractivity contribution is 5.80. The molecule has 1 aromatic rings. The summed E-state index contributed by atoms with van der Waals surface area (Å²) in [5.74, 6) is 2.40. The van der Waals surface area contributed by atoms with Crippen LogP contribution in [0, 0.1) is 0 Å². The van der Waals surface area contributed by atoms with E-state index >= 15 is 0 Å². The fourth-order valence-electron chi connectivity index (χ4n) is 2.25. The highest BCUT2D eigenvalue weighted by Crippen LogP contribution is 2.32. The van der Waals surface area contributed by atoms with Crippen molar-refractivity contribution < 1.29 is 14.3 Å². The average Bonchev–Trinajstić information content (AvgIpc) is 3.02. The highest BCUT2D eigenvalue weighted by atomic mass is 16.7. The van der Waals surface area contributed by atoms with Gasteiger partial charge in [-0.25, -0.2) is 0 Å². The zero-order valence-electron chi connectivity index (χ0n) is 14.6. The number of aliphatic imine (C=N–C) groups is 1. The van der Waals surface area contributed by atoms with Crippen molar-refractivity contribution in [2.24, 2.45) is 4.99 Å². The number of fused-ring (bicyclic) bond motifs is 1. The average molecular weight is 334 g/mol. The first-order valence-corrected chi connectivity index (χ1v) is 8.21. The summed E-state index contributed by atoms with van der Waals surface area (Å²) in [5.41, 5.74) is 1.17. The predicted octanol–water partition coefficient (Wildman–Crippen LogP) is 0.991. The molecule has 1 heterocycles. The molecule has 1 aliphatic heterocycles. The molecule has 7 nitrogen and oxygen atoms in total. The van der Waals surface area contributed by atoms with Crippen molar-refractivity contribution in [3.8, 4) is 11.5 Å². The lowest BCUT2D eigenvalue weighted by molar-refractivity contribution is -0.128. The minimum absolute atomic E-state index is 0.0787. The van der Waals surface area contributed by atoms with E-state index in [4.69, 9.17) is 9.47 Å². The Morgan fingerprint density at radius 3 is 2.79 bits per heavy atom. The van der Waals surface area contributed by atoms with Crippen LogP contribution in [0.3, 0.4) is 0 Å². The summed E-state index contributed by atoms with van der Waals surface area (Å²) in [4.78, 5) is 17.6. The molecular formula is C17H26N4O3. The van der Waals surface area contributed by atoms with Gasteiger partial charge in [0.25, 0.3) is 0 Å². The zero-order valence-corrected chi connectivity index (χ0v) is 14.6. The highest BCUT2D eigenvalue weighted by Gasteiger charge is 2.13. The van der Waals surface area contributed by atoms with Gasteiger partial charge >= 0.3 is 0 Å². The summed E-state index contributed by atoms with van der Waals surface area (Å²) in [6.45, 7) is 4.29. The van der Waals surface area contributed by atoms with Gasteiger partial charge in [0, 0.05) is 33.6 Å². The lowest BCUT2D eigenvalue weighted by Crippen LogP contribution is -2.38. The Morgan fingerprint density at radius 1 is 1.25 bits per heavy atom. The van der Waals surface area contributed by atoms with E-state index < -0.39 is 0 Å². The van der Waals surface area contributed by atoms with E-state index in [1.165, 1.54) is 5.56 Å². The smallest absolute Gasteiger partial charge is 0.231 e. The van der Waals surface area contributed by atoms with Gasteiger partial charge < -0.3 is 25.0 Å². The third kappa shape index (κ3) is 5.33. The summed E-state index contributed by atoms with van der Waals surface area (Å²) >= 11 is 0. The van der Waals surface area contributed by atoms with Crippen molar-refractivity contribution in [3.05, 3.63) is 23.8 Å². The number of amides is 1. The van der Waals surface area contributed by atoms with Crippen LogP contribution in [0.15, 0.2) is 23.2 Å². The molecule has 0 aliphatic carbocycles. The molecule has 0 fully saturated rings. The topological polar surface area (TPSA) is 75.2 Å². The number of benzene rings is 1. The number of rotatable bonds is 7.